The minimum Gasteiger partial charge on any atom is -0.394 e. The Balaban J connectivity index is 2.29. The van der Waals surface area contributed by atoms with Crippen molar-refractivity contribution in [3.63, 3.8) is 0 Å². The topological polar surface area (TPSA) is 38.7 Å². The number of ether oxygens (including phenoxy) is 2. The van der Waals surface area contributed by atoms with Crippen molar-refractivity contribution in [2.75, 3.05) is 26.4 Å². The van der Waals surface area contributed by atoms with Gasteiger partial charge in [0.1, 0.15) is 0 Å². The summed E-state index contributed by atoms with van der Waals surface area (Å²) in [5.41, 5.74) is 0. The Bertz CT molecular complexity index is 108. The Hall–Kier alpha value is -0.120. The van der Waals surface area contributed by atoms with Crippen molar-refractivity contribution < 1.29 is 14.6 Å². The molecule has 3 heteroatoms. The molecule has 3 nitrogen and oxygen atoms in total. The van der Waals surface area contributed by atoms with Crippen molar-refractivity contribution in [2.45, 2.75) is 25.9 Å². The van der Waals surface area contributed by atoms with Crippen molar-refractivity contribution in [1.29, 1.82) is 0 Å². The number of hydrogen-bond acceptors (Lipinski definition) is 3. The number of rotatable bonds is 4. The van der Waals surface area contributed by atoms with Crippen molar-refractivity contribution >= 4 is 0 Å². The summed E-state index contributed by atoms with van der Waals surface area (Å²) < 4.78 is 10.7. The maximum atomic E-state index is 9.04. The van der Waals surface area contributed by atoms with Crippen LogP contribution in [0.25, 0.3) is 0 Å². The third-order valence-electron chi connectivity index (χ3n) is 2.35. The van der Waals surface area contributed by atoms with Gasteiger partial charge in [0.15, 0.2) is 0 Å². The normalized spacial score (nSPS) is 22.5. The second-order valence-corrected chi connectivity index (χ2v) is 3.13. The molecule has 1 N–H and O–H groups in total. The van der Waals surface area contributed by atoms with Crippen LogP contribution in [0.3, 0.4) is 0 Å². The minimum atomic E-state index is 0.0268. The molecule has 0 spiro atoms. The van der Waals surface area contributed by atoms with Crippen molar-refractivity contribution in [2.24, 2.45) is 5.92 Å². The Morgan fingerprint density at radius 1 is 1.50 bits per heavy atom. The lowest BCUT2D eigenvalue weighted by atomic mass is 9.94. The Morgan fingerprint density at radius 3 is 2.67 bits per heavy atom. The third kappa shape index (κ3) is 2.73. The van der Waals surface area contributed by atoms with E-state index < -0.39 is 0 Å². The molecule has 1 atom stereocenters. The van der Waals surface area contributed by atoms with E-state index in [4.69, 9.17) is 14.6 Å². The van der Waals surface area contributed by atoms with Gasteiger partial charge in [-0.2, -0.15) is 0 Å². The van der Waals surface area contributed by atoms with E-state index in [1.54, 1.807) is 0 Å². The van der Waals surface area contributed by atoms with Crippen molar-refractivity contribution in [1.82, 2.24) is 0 Å². The van der Waals surface area contributed by atoms with Crippen LogP contribution >= 0.6 is 0 Å². The summed E-state index contributed by atoms with van der Waals surface area (Å²) >= 11 is 0. The summed E-state index contributed by atoms with van der Waals surface area (Å²) in [6.07, 6.45) is 2.06. The SMILES string of the molecule is CCOC(CO)C1CCOCC1. The van der Waals surface area contributed by atoms with Crippen LogP contribution in [0.1, 0.15) is 19.8 Å². The zero-order valence-electron chi connectivity index (χ0n) is 7.66. The van der Waals surface area contributed by atoms with Crippen LogP contribution in [0.5, 0.6) is 0 Å². The van der Waals surface area contributed by atoms with Gasteiger partial charge in [0, 0.05) is 19.8 Å². The van der Waals surface area contributed by atoms with Crippen LogP contribution < -0.4 is 0 Å². The van der Waals surface area contributed by atoms with Crippen molar-refractivity contribution in [3.8, 4) is 0 Å². The monoisotopic (exact) mass is 174 g/mol. The molecule has 0 radical (unpaired) electrons. The molecule has 1 heterocycles. The molecule has 0 aromatic rings. The first-order valence-electron chi connectivity index (χ1n) is 4.68. The van der Waals surface area contributed by atoms with Gasteiger partial charge < -0.3 is 14.6 Å². The summed E-state index contributed by atoms with van der Waals surface area (Å²) in [4.78, 5) is 0. The van der Waals surface area contributed by atoms with E-state index in [0.29, 0.717) is 12.5 Å². The fourth-order valence-electron chi connectivity index (χ4n) is 1.64. The van der Waals surface area contributed by atoms with Gasteiger partial charge in [-0.05, 0) is 25.7 Å². The quantitative estimate of drug-likeness (QED) is 0.685. The van der Waals surface area contributed by atoms with Gasteiger partial charge in [0.2, 0.25) is 0 Å². The molecule has 1 unspecified atom stereocenters. The van der Waals surface area contributed by atoms with E-state index >= 15 is 0 Å². The molecule has 0 aromatic carbocycles. The summed E-state index contributed by atoms with van der Waals surface area (Å²) in [5.74, 6) is 0.490. The van der Waals surface area contributed by atoms with Gasteiger partial charge >= 0.3 is 0 Å². The van der Waals surface area contributed by atoms with Gasteiger partial charge in [0.25, 0.3) is 0 Å². The summed E-state index contributed by atoms with van der Waals surface area (Å²) in [6.45, 7) is 4.41. The molecule has 0 bridgehead atoms. The molecule has 1 rings (SSSR count). The summed E-state index contributed by atoms with van der Waals surface area (Å²) in [6, 6.07) is 0. The van der Waals surface area contributed by atoms with Gasteiger partial charge in [-0.25, -0.2) is 0 Å². The van der Waals surface area contributed by atoms with Crippen LogP contribution in [-0.2, 0) is 9.47 Å². The molecule has 12 heavy (non-hydrogen) atoms. The van der Waals surface area contributed by atoms with Crippen LogP contribution in [-0.4, -0.2) is 37.6 Å². The first-order valence-corrected chi connectivity index (χ1v) is 4.68. The average molecular weight is 174 g/mol. The maximum Gasteiger partial charge on any atom is 0.0835 e. The summed E-state index contributed by atoms with van der Waals surface area (Å²) in [5, 5.41) is 9.04. The van der Waals surface area contributed by atoms with Crippen molar-refractivity contribution in [3.05, 3.63) is 0 Å². The molecular formula is C9H18O3. The van der Waals surface area contributed by atoms with Gasteiger partial charge in [-0.1, -0.05) is 0 Å². The molecule has 0 saturated carbocycles. The fourth-order valence-corrected chi connectivity index (χ4v) is 1.64. The van der Waals surface area contributed by atoms with Gasteiger partial charge in [-0.15, -0.1) is 0 Å². The zero-order chi connectivity index (χ0) is 8.81. The highest BCUT2D eigenvalue weighted by Gasteiger charge is 2.23. The molecule has 0 amide bonds. The lowest BCUT2D eigenvalue weighted by Gasteiger charge is -2.28. The smallest absolute Gasteiger partial charge is 0.0835 e. The first kappa shape index (κ1) is 9.96. The highest BCUT2D eigenvalue weighted by atomic mass is 16.5. The molecule has 1 fully saturated rings. The number of aliphatic hydroxyl groups excluding tert-OH is 1. The summed E-state index contributed by atoms with van der Waals surface area (Å²) in [7, 11) is 0. The van der Waals surface area contributed by atoms with E-state index in [0.717, 1.165) is 26.1 Å². The van der Waals surface area contributed by atoms with Crippen LogP contribution in [0.2, 0.25) is 0 Å². The molecule has 1 aliphatic heterocycles. The Morgan fingerprint density at radius 2 is 2.17 bits per heavy atom. The average Bonchev–Trinajstić information content (AvgIpc) is 2.15. The van der Waals surface area contributed by atoms with E-state index in [-0.39, 0.29) is 12.7 Å². The van der Waals surface area contributed by atoms with E-state index in [1.807, 2.05) is 6.92 Å². The second-order valence-electron chi connectivity index (χ2n) is 3.13. The second kappa shape index (κ2) is 5.51. The molecule has 0 aromatic heterocycles. The molecule has 1 aliphatic rings. The Labute approximate surface area is 73.7 Å². The van der Waals surface area contributed by atoms with E-state index in [1.165, 1.54) is 0 Å². The van der Waals surface area contributed by atoms with Gasteiger partial charge in [-0.3, -0.25) is 0 Å². The van der Waals surface area contributed by atoms with Crippen LogP contribution in [0.15, 0.2) is 0 Å². The minimum absolute atomic E-state index is 0.0268. The number of hydrogen-bond donors (Lipinski definition) is 1. The largest absolute Gasteiger partial charge is 0.394 e. The van der Waals surface area contributed by atoms with Crippen LogP contribution in [0, 0.1) is 5.92 Å². The van der Waals surface area contributed by atoms with Gasteiger partial charge in [0.05, 0.1) is 12.7 Å². The highest BCUT2D eigenvalue weighted by Crippen LogP contribution is 2.20. The van der Waals surface area contributed by atoms with E-state index in [9.17, 15) is 0 Å². The molecule has 1 saturated heterocycles. The fraction of sp³-hybridized carbons (Fsp3) is 1.00. The maximum absolute atomic E-state index is 9.04. The number of aliphatic hydroxyl groups is 1. The lowest BCUT2D eigenvalue weighted by molar-refractivity contribution is -0.0530. The van der Waals surface area contributed by atoms with E-state index in [2.05, 4.69) is 0 Å². The molecule has 0 aliphatic carbocycles. The lowest BCUT2D eigenvalue weighted by Crippen LogP contribution is -2.32. The highest BCUT2D eigenvalue weighted by molar-refractivity contribution is 4.72. The molecule has 72 valence electrons. The third-order valence-corrected chi connectivity index (χ3v) is 2.35. The predicted octanol–water partition coefficient (Wildman–Crippen LogP) is 0.810. The van der Waals surface area contributed by atoms with Crippen LogP contribution in [0.4, 0.5) is 0 Å². The predicted molar refractivity (Wildman–Crippen MR) is 46.0 cm³/mol. The molecular weight excluding hydrogens is 156 g/mol. The Kier molecular flexibility index (Phi) is 4.58. The standard InChI is InChI=1S/C9H18O3/c1-2-12-9(7-10)8-3-5-11-6-4-8/h8-10H,2-7H2,1H3. The first-order chi connectivity index (χ1) is 5.88. The zero-order valence-corrected chi connectivity index (χ0v) is 7.66.